The fraction of sp³-hybridized carbons (Fsp3) is 0.0667. The lowest BCUT2D eigenvalue weighted by Crippen LogP contribution is -1.95. The summed E-state index contributed by atoms with van der Waals surface area (Å²) in [7, 11) is 0. The molecule has 0 bridgehead atoms. The Hall–Kier alpha value is -1.94. The Labute approximate surface area is 119 Å². The van der Waals surface area contributed by atoms with Gasteiger partial charge in [0.25, 0.3) is 0 Å². The predicted molar refractivity (Wildman–Crippen MR) is 79.0 cm³/mol. The van der Waals surface area contributed by atoms with Gasteiger partial charge in [0.1, 0.15) is 11.4 Å². The summed E-state index contributed by atoms with van der Waals surface area (Å²) in [6.07, 6.45) is 0. The molecule has 0 aliphatic carbocycles. The molecule has 94 valence electrons. The van der Waals surface area contributed by atoms with Gasteiger partial charge in [-0.2, -0.15) is 15.4 Å². The van der Waals surface area contributed by atoms with E-state index in [-0.39, 0.29) is 4.83 Å². The van der Waals surface area contributed by atoms with E-state index in [1.54, 1.807) is 0 Å². The van der Waals surface area contributed by atoms with Crippen LogP contribution >= 0.6 is 15.9 Å². The Morgan fingerprint density at radius 3 is 2.16 bits per heavy atom. The van der Waals surface area contributed by atoms with Crippen molar-refractivity contribution in [2.45, 2.75) is 4.83 Å². The van der Waals surface area contributed by atoms with E-state index in [0.717, 1.165) is 22.5 Å². The van der Waals surface area contributed by atoms with Gasteiger partial charge in [0.05, 0.1) is 4.83 Å². The van der Waals surface area contributed by atoms with Crippen molar-refractivity contribution < 1.29 is 0 Å². The van der Waals surface area contributed by atoms with Crippen molar-refractivity contribution in [3.8, 4) is 11.3 Å². The highest BCUT2D eigenvalue weighted by Gasteiger charge is 2.19. The Morgan fingerprint density at radius 2 is 1.47 bits per heavy atom. The molecule has 1 heterocycles. The third-order valence-corrected chi connectivity index (χ3v) is 3.92. The number of hydrogen-bond donors (Lipinski definition) is 1. The largest absolute Gasteiger partial charge is 0.197 e. The zero-order valence-corrected chi connectivity index (χ0v) is 11.7. The summed E-state index contributed by atoms with van der Waals surface area (Å²) in [5, 5.41) is 11.3. The van der Waals surface area contributed by atoms with Gasteiger partial charge < -0.3 is 0 Å². The van der Waals surface area contributed by atoms with E-state index >= 15 is 0 Å². The van der Waals surface area contributed by atoms with E-state index in [4.69, 9.17) is 0 Å². The molecule has 1 N–H and O–H groups in total. The van der Waals surface area contributed by atoms with Crippen LogP contribution in [0.25, 0.3) is 11.3 Å². The standard InChI is InChI=1S/C15H12BrN3/c16-13(11-7-3-1-4-8-11)15-14(17-19-18-15)12-9-5-2-6-10-12/h1-10,13H,(H,17,18,19). The molecule has 4 heteroatoms. The molecule has 0 amide bonds. The Kier molecular flexibility index (Phi) is 3.42. The first kappa shape index (κ1) is 12.1. The highest BCUT2D eigenvalue weighted by Crippen LogP contribution is 2.34. The van der Waals surface area contributed by atoms with Crippen molar-refractivity contribution in [3.05, 3.63) is 71.9 Å². The topological polar surface area (TPSA) is 41.6 Å². The average molecular weight is 314 g/mol. The summed E-state index contributed by atoms with van der Waals surface area (Å²) in [4.78, 5) is 0.0302. The van der Waals surface area contributed by atoms with E-state index in [0.29, 0.717) is 0 Å². The number of halogens is 1. The summed E-state index contributed by atoms with van der Waals surface area (Å²) in [6, 6.07) is 20.2. The van der Waals surface area contributed by atoms with Crippen LogP contribution in [0.4, 0.5) is 0 Å². The quantitative estimate of drug-likeness (QED) is 0.744. The fourth-order valence-corrected chi connectivity index (χ4v) is 2.63. The molecule has 1 unspecified atom stereocenters. The third kappa shape index (κ3) is 2.44. The maximum Gasteiger partial charge on any atom is 0.117 e. The number of aromatic nitrogens is 3. The van der Waals surface area contributed by atoms with Gasteiger partial charge in [0, 0.05) is 5.56 Å². The van der Waals surface area contributed by atoms with E-state index in [1.807, 2.05) is 48.5 Å². The monoisotopic (exact) mass is 313 g/mol. The van der Waals surface area contributed by atoms with Crippen LogP contribution in [-0.2, 0) is 0 Å². The number of H-pyrrole nitrogens is 1. The molecule has 0 saturated heterocycles. The molecular weight excluding hydrogens is 302 g/mol. The van der Waals surface area contributed by atoms with Gasteiger partial charge in [-0.15, -0.1) is 0 Å². The highest BCUT2D eigenvalue weighted by atomic mass is 79.9. The molecule has 3 rings (SSSR count). The van der Waals surface area contributed by atoms with E-state index in [2.05, 4.69) is 43.5 Å². The van der Waals surface area contributed by atoms with E-state index in [1.165, 1.54) is 0 Å². The molecule has 0 saturated carbocycles. The summed E-state index contributed by atoms with van der Waals surface area (Å²) in [5.41, 5.74) is 4.00. The first-order valence-corrected chi connectivity index (χ1v) is 6.93. The maximum atomic E-state index is 4.29. The van der Waals surface area contributed by atoms with Gasteiger partial charge in [-0.1, -0.05) is 76.6 Å². The van der Waals surface area contributed by atoms with Crippen LogP contribution in [-0.4, -0.2) is 15.4 Å². The minimum absolute atomic E-state index is 0.0302. The zero-order chi connectivity index (χ0) is 13.1. The number of nitrogens with one attached hydrogen (secondary N) is 1. The lowest BCUT2D eigenvalue weighted by atomic mass is 10.0. The first-order chi connectivity index (χ1) is 9.36. The zero-order valence-electron chi connectivity index (χ0n) is 10.1. The number of rotatable bonds is 3. The molecule has 3 aromatic rings. The Balaban J connectivity index is 2.01. The number of alkyl halides is 1. The molecule has 0 aliphatic heterocycles. The van der Waals surface area contributed by atoms with Gasteiger partial charge >= 0.3 is 0 Å². The Bertz CT molecular complexity index is 649. The van der Waals surface area contributed by atoms with Crippen molar-refractivity contribution in [1.29, 1.82) is 0 Å². The average Bonchev–Trinajstić information content (AvgIpc) is 2.98. The van der Waals surface area contributed by atoms with Crippen molar-refractivity contribution >= 4 is 15.9 Å². The van der Waals surface area contributed by atoms with Crippen LogP contribution in [0.5, 0.6) is 0 Å². The van der Waals surface area contributed by atoms with Crippen molar-refractivity contribution in [2.24, 2.45) is 0 Å². The molecule has 3 nitrogen and oxygen atoms in total. The number of nitrogens with zero attached hydrogens (tertiary/aromatic N) is 2. The number of aromatic amines is 1. The molecular formula is C15H12BrN3. The SMILES string of the molecule is BrC(c1ccccc1)c1n[nH]nc1-c1ccccc1. The first-order valence-electron chi connectivity index (χ1n) is 6.01. The molecule has 0 radical (unpaired) electrons. The summed E-state index contributed by atoms with van der Waals surface area (Å²) in [5.74, 6) is 0. The smallest absolute Gasteiger partial charge is 0.117 e. The second-order valence-corrected chi connectivity index (χ2v) is 5.11. The Morgan fingerprint density at radius 1 is 0.842 bits per heavy atom. The molecule has 1 atom stereocenters. The summed E-state index contributed by atoms with van der Waals surface area (Å²) in [6.45, 7) is 0. The van der Waals surface area contributed by atoms with Crippen molar-refractivity contribution in [3.63, 3.8) is 0 Å². The van der Waals surface area contributed by atoms with Gasteiger partial charge in [0.2, 0.25) is 0 Å². The molecule has 1 aromatic heterocycles. The van der Waals surface area contributed by atoms with Gasteiger partial charge in [-0.3, -0.25) is 0 Å². The lowest BCUT2D eigenvalue weighted by Gasteiger charge is -2.08. The molecule has 2 aromatic carbocycles. The van der Waals surface area contributed by atoms with Crippen LogP contribution in [0.2, 0.25) is 0 Å². The fourth-order valence-electron chi connectivity index (χ4n) is 2.00. The van der Waals surface area contributed by atoms with Gasteiger partial charge in [-0.05, 0) is 5.56 Å². The summed E-state index contributed by atoms with van der Waals surface area (Å²) >= 11 is 3.70. The van der Waals surface area contributed by atoms with Crippen LogP contribution in [0.15, 0.2) is 60.7 Å². The number of benzene rings is 2. The predicted octanol–water partition coefficient (Wildman–Crippen LogP) is 3.96. The highest BCUT2D eigenvalue weighted by molar-refractivity contribution is 9.09. The maximum absolute atomic E-state index is 4.29. The molecule has 0 aliphatic rings. The van der Waals surface area contributed by atoms with Crippen LogP contribution in [0.1, 0.15) is 16.1 Å². The van der Waals surface area contributed by atoms with Crippen LogP contribution in [0.3, 0.4) is 0 Å². The van der Waals surface area contributed by atoms with Crippen LogP contribution < -0.4 is 0 Å². The molecule has 0 spiro atoms. The van der Waals surface area contributed by atoms with Crippen molar-refractivity contribution in [2.75, 3.05) is 0 Å². The van der Waals surface area contributed by atoms with E-state index in [9.17, 15) is 0 Å². The minimum Gasteiger partial charge on any atom is -0.197 e. The van der Waals surface area contributed by atoms with Crippen molar-refractivity contribution in [1.82, 2.24) is 15.4 Å². The lowest BCUT2D eigenvalue weighted by molar-refractivity contribution is 0.914. The third-order valence-electron chi connectivity index (χ3n) is 2.95. The molecule has 19 heavy (non-hydrogen) atoms. The van der Waals surface area contributed by atoms with Gasteiger partial charge in [0.15, 0.2) is 0 Å². The van der Waals surface area contributed by atoms with Gasteiger partial charge in [-0.25, -0.2) is 0 Å². The second-order valence-electron chi connectivity index (χ2n) is 4.20. The van der Waals surface area contributed by atoms with Crippen LogP contribution in [0, 0.1) is 0 Å². The number of hydrogen-bond acceptors (Lipinski definition) is 2. The van der Waals surface area contributed by atoms with E-state index < -0.39 is 0 Å². The normalized spacial score (nSPS) is 12.3. The second kappa shape index (κ2) is 5.36. The molecule has 0 fully saturated rings. The minimum atomic E-state index is 0.0302. The summed E-state index contributed by atoms with van der Waals surface area (Å²) < 4.78 is 0.